The maximum Gasteiger partial charge on any atom is 0.506 e. The van der Waals surface area contributed by atoms with Crippen LogP contribution in [0.25, 0.3) is 0 Å². The maximum atomic E-state index is 12.5. The third-order valence-electron chi connectivity index (χ3n) is 6.95. The summed E-state index contributed by atoms with van der Waals surface area (Å²) in [4.78, 5) is 25.1. The van der Waals surface area contributed by atoms with Crippen LogP contribution in [0.1, 0.15) is 155 Å². The quantitative estimate of drug-likeness (QED) is 0.0913. The van der Waals surface area contributed by atoms with Gasteiger partial charge >= 0.3 is 19.9 Å². The molecule has 0 aromatic carbocycles. The van der Waals surface area contributed by atoms with Gasteiger partial charge in [-0.05, 0) is 19.3 Å². The van der Waals surface area contributed by atoms with Gasteiger partial charge in [0, 0.05) is 11.5 Å². The molecule has 1 aliphatic rings. The van der Waals surface area contributed by atoms with Crippen molar-refractivity contribution in [1.29, 1.82) is 0 Å². The molecule has 0 aromatic heterocycles. The Morgan fingerprint density at radius 3 is 1.41 bits per heavy atom. The number of carbonyl (C=O) groups is 2. The predicted molar refractivity (Wildman–Crippen MR) is 160 cm³/mol. The van der Waals surface area contributed by atoms with Gasteiger partial charge in [0.1, 0.15) is 0 Å². The summed E-state index contributed by atoms with van der Waals surface area (Å²) in [6.07, 6.45) is 26.1. The molecule has 0 amide bonds. The topological polar surface area (TPSA) is 61.8 Å². The summed E-state index contributed by atoms with van der Waals surface area (Å²) in [6, 6.07) is 0. The predicted octanol–water partition coefficient (Wildman–Crippen LogP) is 10.2. The van der Waals surface area contributed by atoms with Gasteiger partial charge in [0.15, 0.2) is 6.16 Å². The number of thioether (sulfide) groups is 1. The Labute approximate surface area is 233 Å². The van der Waals surface area contributed by atoms with Crippen molar-refractivity contribution in [3.63, 3.8) is 0 Å². The van der Waals surface area contributed by atoms with Crippen LogP contribution in [0.2, 0.25) is 0 Å². The minimum Gasteiger partial charge on any atom is -0.247 e. The standard InChI is InChI=1S/C30H58O5PS/c1-3-5-7-9-11-13-15-17-19-21-25-33-36(26-22-20-18-16-14-12-10-8-6-4-2)34-29(31)23-27-37-28-24-30(32)35-36/h3-28H2,1-2H3/q+1. The fourth-order valence-electron chi connectivity index (χ4n) is 4.63. The van der Waals surface area contributed by atoms with Crippen molar-refractivity contribution in [3.8, 4) is 0 Å². The molecule has 0 spiro atoms. The highest BCUT2D eigenvalue weighted by Gasteiger charge is 2.51. The Kier molecular flexibility index (Phi) is 23.2. The Bertz CT molecular complexity index is 540. The first-order chi connectivity index (χ1) is 18.1. The molecule has 1 saturated heterocycles. The van der Waals surface area contributed by atoms with Crippen LogP contribution in [0.4, 0.5) is 0 Å². The summed E-state index contributed by atoms with van der Waals surface area (Å²) in [5.74, 6) is 0.794. The zero-order chi connectivity index (χ0) is 26.9. The van der Waals surface area contributed by atoms with E-state index in [0.717, 1.165) is 25.7 Å². The molecule has 0 bridgehead atoms. The highest BCUT2D eigenvalue weighted by Crippen LogP contribution is 2.63. The van der Waals surface area contributed by atoms with Gasteiger partial charge in [0.05, 0.1) is 19.4 Å². The van der Waals surface area contributed by atoms with E-state index in [1.165, 1.54) is 103 Å². The van der Waals surface area contributed by atoms with Gasteiger partial charge < -0.3 is 0 Å². The smallest absolute Gasteiger partial charge is 0.247 e. The van der Waals surface area contributed by atoms with Crippen LogP contribution in [0.5, 0.6) is 0 Å². The van der Waals surface area contributed by atoms with Crippen molar-refractivity contribution < 1.29 is 23.2 Å². The van der Waals surface area contributed by atoms with Crippen LogP contribution in [0.15, 0.2) is 0 Å². The second kappa shape index (κ2) is 24.7. The van der Waals surface area contributed by atoms with Gasteiger partial charge in [-0.3, -0.25) is 0 Å². The SMILES string of the molecule is CCCCCCCCCCCCO[P+]1(CCCCCCCCCCCC)OC(=O)CCSCCC(=O)O1. The lowest BCUT2D eigenvalue weighted by Crippen LogP contribution is -2.20. The van der Waals surface area contributed by atoms with Gasteiger partial charge in [0.2, 0.25) is 0 Å². The molecule has 0 aromatic rings. The van der Waals surface area contributed by atoms with Gasteiger partial charge in [-0.15, -0.1) is 0 Å². The number of hydrogen-bond acceptors (Lipinski definition) is 6. The molecular weight excluding hydrogens is 503 g/mol. The first kappa shape index (κ1) is 34.7. The first-order valence-corrected chi connectivity index (χ1v) is 18.6. The second-order valence-electron chi connectivity index (χ2n) is 10.6. The van der Waals surface area contributed by atoms with E-state index in [1.807, 2.05) is 0 Å². The van der Waals surface area contributed by atoms with E-state index < -0.39 is 7.94 Å². The van der Waals surface area contributed by atoms with Crippen molar-refractivity contribution in [2.75, 3.05) is 24.3 Å². The second-order valence-corrected chi connectivity index (χ2v) is 14.1. The van der Waals surface area contributed by atoms with Crippen LogP contribution in [0, 0.1) is 0 Å². The zero-order valence-corrected chi connectivity index (χ0v) is 26.0. The third kappa shape index (κ3) is 20.3. The fraction of sp³-hybridized carbons (Fsp3) is 0.933. The lowest BCUT2D eigenvalue weighted by molar-refractivity contribution is -0.140. The van der Waals surface area contributed by atoms with Crippen LogP contribution < -0.4 is 0 Å². The highest BCUT2D eigenvalue weighted by molar-refractivity contribution is 7.99. The van der Waals surface area contributed by atoms with Gasteiger partial charge in [-0.25, -0.2) is 18.6 Å². The molecule has 37 heavy (non-hydrogen) atoms. The minimum absolute atomic E-state index is 0.286. The van der Waals surface area contributed by atoms with Crippen molar-refractivity contribution in [2.24, 2.45) is 0 Å². The molecule has 1 aliphatic heterocycles. The monoisotopic (exact) mass is 561 g/mol. The summed E-state index contributed by atoms with van der Waals surface area (Å²) in [5.41, 5.74) is 0. The largest absolute Gasteiger partial charge is 0.506 e. The van der Waals surface area contributed by atoms with E-state index in [-0.39, 0.29) is 11.9 Å². The molecule has 0 saturated carbocycles. The summed E-state index contributed by atoms with van der Waals surface area (Å²) in [5, 5.41) is 0. The van der Waals surface area contributed by atoms with Crippen LogP contribution in [0.3, 0.4) is 0 Å². The Morgan fingerprint density at radius 1 is 0.595 bits per heavy atom. The van der Waals surface area contributed by atoms with E-state index in [0.29, 0.717) is 37.1 Å². The molecule has 0 aliphatic carbocycles. The Hall–Kier alpha value is -0.320. The van der Waals surface area contributed by atoms with Crippen LogP contribution in [-0.4, -0.2) is 36.2 Å². The maximum absolute atomic E-state index is 12.5. The number of hydrogen-bond donors (Lipinski definition) is 0. The van der Waals surface area contributed by atoms with Gasteiger partial charge in [0.25, 0.3) is 0 Å². The molecule has 1 heterocycles. The zero-order valence-electron chi connectivity index (χ0n) is 24.3. The number of rotatable bonds is 23. The van der Waals surface area contributed by atoms with Gasteiger partial charge in [-0.2, -0.15) is 16.3 Å². The average Bonchev–Trinajstić information content (AvgIpc) is 2.88. The molecule has 7 heteroatoms. The van der Waals surface area contributed by atoms with Crippen molar-refractivity contribution in [1.82, 2.24) is 0 Å². The first-order valence-electron chi connectivity index (χ1n) is 15.7. The molecule has 5 nitrogen and oxygen atoms in total. The fourth-order valence-corrected chi connectivity index (χ4v) is 7.73. The third-order valence-corrected chi connectivity index (χ3v) is 10.3. The number of carbonyl (C=O) groups excluding carboxylic acids is 2. The number of unbranched alkanes of at least 4 members (excludes halogenated alkanes) is 18. The Balaban J connectivity index is 2.42. The Morgan fingerprint density at radius 2 is 0.973 bits per heavy atom. The van der Waals surface area contributed by atoms with Crippen LogP contribution >= 0.6 is 19.7 Å². The lowest BCUT2D eigenvalue weighted by Gasteiger charge is -2.22. The summed E-state index contributed by atoms with van der Waals surface area (Å²) in [6.45, 7) is 5.01. The summed E-state index contributed by atoms with van der Waals surface area (Å²) >= 11 is 1.60. The molecular formula is C30H58O5PS+. The van der Waals surface area contributed by atoms with Crippen LogP contribution in [-0.2, 0) is 23.2 Å². The van der Waals surface area contributed by atoms with E-state index in [1.54, 1.807) is 11.8 Å². The minimum atomic E-state index is -2.98. The molecule has 0 atom stereocenters. The van der Waals surface area contributed by atoms with Gasteiger partial charge in [-0.1, -0.05) is 123 Å². The average molecular weight is 562 g/mol. The lowest BCUT2D eigenvalue weighted by atomic mass is 10.1. The summed E-state index contributed by atoms with van der Waals surface area (Å²) < 4.78 is 17.9. The highest BCUT2D eigenvalue weighted by atomic mass is 32.2. The van der Waals surface area contributed by atoms with Crippen molar-refractivity contribution in [3.05, 3.63) is 0 Å². The van der Waals surface area contributed by atoms with Crippen molar-refractivity contribution in [2.45, 2.75) is 155 Å². The van der Waals surface area contributed by atoms with Crippen molar-refractivity contribution >= 4 is 31.6 Å². The van der Waals surface area contributed by atoms with E-state index in [2.05, 4.69) is 13.8 Å². The molecule has 0 radical (unpaired) electrons. The normalized spacial score (nSPS) is 16.4. The molecule has 1 rings (SSSR count). The van der Waals surface area contributed by atoms with E-state index in [4.69, 9.17) is 13.6 Å². The summed E-state index contributed by atoms with van der Waals surface area (Å²) in [7, 11) is -2.98. The molecule has 1 fully saturated rings. The van der Waals surface area contributed by atoms with E-state index in [9.17, 15) is 9.59 Å². The van der Waals surface area contributed by atoms with E-state index >= 15 is 0 Å². The molecule has 218 valence electrons. The molecule has 0 unspecified atom stereocenters. The molecule has 0 N–H and O–H groups in total.